The molecule has 5 heteroatoms. The third-order valence-electron chi connectivity index (χ3n) is 14.0. The molecule has 3 aromatic rings. The minimum Gasteiger partial charge on any atom is -0.497 e. The van der Waals surface area contributed by atoms with E-state index in [2.05, 4.69) is 101 Å². The standard InChI is InChI=1S/C49H64OS4/c1-28(30-26-17-27-50-39(30)29(2)48(3,4)5)40-31-18-9-10-19-32(31)41(51-40)42-33-20-11-12-21-34(33)43(52-42)44-35-22-13-14-23-36(35)45(53-44)46-37-24-15-16-25-38(37)47(54-46)49(6,7)8/h29,47H,9-27H2,1-8H3/b40-28-,42-41+,44-43+,46-45+. The second kappa shape index (κ2) is 14.7. The van der Waals surface area contributed by atoms with Gasteiger partial charge in [-0.3, -0.25) is 0 Å². The van der Waals surface area contributed by atoms with Gasteiger partial charge in [-0.05, 0) is 183 Å². The quantitative estimate of drug-likeness (QED) is 0.255. The van der Waals surface area contributed by atoms with Crippen molar-refractivity contribution in [2.45, 2.75) is 176 Å². The monoisotopic (exact) mass is 796 g/mol. The molecule has 2 atom stereocenters. The Kier molecular flexibility index (Phi) is 10.3. The summed E-state index contributed by atoms with van der Waals surface area (Å²) in [4.78, 5) is 1.70. The van der Waals surface area contributed by atoms with Crippen molar-refractivity contribution in [3.8, 4) is 0 Å². The third kappa shape index (κ3) is 6.54. The van der Waals surface area contributed by atoms with Crippen molar-refractivity contribution in [1.29, 1.82) is 0 Å². The Morgan fingerprint density at radius 1 is 0.574 bits per heavy atom. The lowest BCUT2D eigenvalue weighted by Gasteiger charge is -2.33. The molecule has 6 aliphatic rings. The number of rotatable bonds is 2. The van der Waals surface area contributed by atoms with Crippen LogP contribution in [0.5, 0.6) is 0 Å². The highest BCUT2D eigenvalue weighted by Gasteiger charge is 2.39. The van der Waals surface area contributed by atoms with Crippen LogP contribution in [0.1, 0.15) is 166 Å². The zero-order chi connectivity index (χ0) is 37.5. The van der Waals surface area contributed by atoms with Crippen LogP contribution < -0.4 is 9.06 Å². The third-order valence-corrected chi connectivity index (χ3v) is 20.3. The molecule has 2 unspecified atom stereocenters. The molecule has 0 radical (unpaired) electrons. The van der Waals surface area contributed by atoms with Crippen LogP contribution in [-0.2, 0) is 43.3 Å². The van der Waals surface area contributed by atoms with Gasteiger partial charge in [-0.2, -0.15) is 0 Å². The second-order valence-corrected chi connectivity index (χ2v) is 23.9. The fourth-order valence-electron chi connectivity index (χ4n) is 10.7. The average molecular weight is 797 g/mol. The Labute approximate surface area is 341 Å². The summed E-state index contributed by atoms with van der Waals surface area (Å²) in [5.41, 5.74) is 17.5. The first-order chi connectivity index (χ1) is 25.9. The van der Waals surface area contributed by atoms with Gasteiger partial charge in [0, 0.05) is 43.3 Å². The molecule has 3 aromatic heterocycles. The van der Waals surface area contributed by atoms with Gasteiger partial charge in [-0.15, -0.1) is 45.8 Å². The lowest BCUT2D eigenvalue weighted by Crippen LogP contribution is -2.25. The van der Waals surface area contributed by atoms with Crippen molar-refractivity contribution in [3.63, 3.8) is 0 Å². The predicted octanol–water partition coefficient (Wildman–Crippen LogP) is 13.1. The van der Waals surface area contributed by atoms with Crippen LogP contribution in [0.4, 0.5) is 0 Å². The van der Waals surface area contributed by atoms with E-state index in [1.807, 2.05) is 5.57 Å². The molecule has 2 aliphatic heterocycles. The first-order valence-corrected chi connectivity index (χ1v) is 25.2. The van der Waals surface area contributed by atoms with Crippen molar-refractivity contribution in [1.82, 2.24) is 0 Å². The number of allylic oxidation sites excluding steroid dienone is 2. The Bertz CT molecular complexity index is 2380. The summed E-state index contributed by atoms with van der Waals surface area (Å²) in [6.07, 6.45) is 23.3. The molecule has 0 N–H and O–H groups in total. The maximum absolute atomic E-state index is 6.58. The zero-order valence-corrected chi connectivity index (χ0v) is 37.9. The first-order valence-electron chi connectivity index (χ1n) is 21.8. The topological polar surface area (TPSA) is 9.23 Å². The molecule has 0 saturated heterocycles. The summed E-state index contributed by atoms with van der Waals surface area (Å²) in [5, 5.41) is 0.636. The Morgan fingerprint density at radius 3 is 1.63 bits per heavy atom. The molecule has 0 fully saturated rings. The molecule has 0 spiro atoms. The molecular weight excluding hydrogens is 733 g/mol. The molecule has 4 aliphatic carbocycles. The molecule has 0 bridgehead atoms. The lowest BCUT2D eigenvalue weighted by atomic mass is 9.78. The maximum atomic E-state index is 6.58. The molecule has 1 nitrogen and oxygen atoms in total. The van der Waals surface area contributed by atoms with Crippen LogP contribution in [0.25, 0.3) is 10.5 Å². The summed E-state index contributed by atoms with van der Waals surface area (Å²) in [5.74, 6) is 1.69. The average Bonchev–Trinajstić information content (AvgIpc) is 3.94. The van der Waals surface area contributed by atoms with E-state index in [0.29, 0.717) is 16.6 Å². The number of thioether (sulfide) groups is 1. The van der Waals surface area contributed by atoms with Gasteiger partial charge in [0.25, 0.3) is 0 Å². The van der Waals surface area contributed by atoms with E-state index >= 15 is 0 Å². The maximum Gasteiger partial charge on any atom is 0.103 e. The minimum absolute atomic E-state index is 0.185. The highest BCUT2D eigenvalue weighted by molar-refractivity contribution is 8.09. The van der Waals surface area contributed by atoms with Gasteiger partial charge in [0.2, 0.25) is 0 Å². The Morgan fingerprint density at radius 2 is 1.06 bits per heavy atom. The highest BCUT2D eigenvalue weighted by Crippen LogP contribution is 2.54. The van der Waals surface area contributed by atoms with Gasteiger partial charge in [0.1, 0.15) is 5.76 Å². The van der Waals surface area contributed by atoms with Crippen LogP contribution in [0.2, 0.25) is 0 Å². The van der Waals surface area contributed by atoms with Gasteiger partial charge in [0.05, 0.1) is 6.61 Å². The van der Waals surface area contributed by atoms with Crippen LogP contribution in [0.15, 0.2) is 22.5 Å². The number of ether oxygens (including phenoxy) is 1. The van der Waals surface area contributed by atoms with Crippen molar-refractivity contribution < 1.29 is 4.74 Å². The van der Waals surface area contributed by atoms with Gasteiger partial charge < -0.3 is 4.74 Å². The first kappa shape index (κ1) is 38.0. The molecule has 54 heavy (non-hydrogen) atoms. The van der Waals surface area contributed by atoms with E-state index in [-0.39, 0.29) is 5.41 Å². The molecule has 0 aromatic carbocycles. The smallest absolute Gasteiger partial charge is 0.103 e. The van der Waals surface area contributed by atoms with Crippen molar-refractivity contribution in [3.05, 3.63) is 83.1 Å². The van der Waals surface area contributed by atoms with Crippen molar-refractivity contribution in [2.75, 3.05) is 6.61 Å². The van der Waals surface area contributed by atoms with E-state index in [9.17, 15) is 0 Å². The fraction of sp³-hybridized carbons (Fsp3) is 0.633. The normalized spacial score (nSPS) is 25.5. The number of hydrogen-bond donors (Lipinski definition) is 0. The zero-order valence-electron chi connectivity index (χ0n) is 34.6. The summed E-state index contributed by atoms with van der Waals surface area (Å²) in [7, 11) is 0. The summed E-state index contributed by atoms with van der Waals surface area (Å²) < 4.78 is 16.5. The molecule has 5 heterocycles. The molecule has 0 amide bonds. The van der Waals surface area contributed by atoms with E-state index in [1.165, 1.54) is 120 Å². The van der Waals surface area contributed by atoms with E-state index in [1.54, 1.807) is 71.1 Å². The minimum atomic E-state index is 0.185. The van der Waals surface area contributed by atoms with Crippen molar-refractivity contribution in [2.24, 2.45) is 16.7 Å². The fourth-order valence-corrected chi connectivity index (χ4v) is 17.1. The van der Waals surface area contributed by atoms with Gasteiger partial charge in [-0.25, -0.2) is 0 Å². The predicted molar refractivity (Wildman–Crippen MR) is 237 cm³/mol. The van der Waals surface area contributed by atoms with Crippen LogP contribution in [0.3, 0.4) is 0 Å². The van der Waals surface area contributed by atoms with E-state index < -0.39 is 0 Å². The number of thiophene rings is 3. The SMILES string of the molecule is C/C(C1=C(C(C)C(C)(C)C)OCCC1)=c1/s/c(=c2/s/c(=c3/s/c(=C4/SC(C(C)(C)C)C5=C4CCCC5)c4c3CCCC4)c3c2CCCC3)c2c1CCCC2. The summed E-state index contributed by atoms with van der Waals surface area (Å²) in [6, 6.07) is 0. The van der Waals surface area contributed by atoms with E-state index in [4.69, 9.17) is 4.74 Å². The summed E-state index contributed by atoms with van der Waals surface area (Å²) in [6.45, 7) is 20.3. The molecule has 9 rings (SSSR count). The van der Waals surface area contributed by atoms with Gasteiger partial charge in [0.15, 0.2) is 0 Å². The number of hydrogen-bond acceptors (Lipinski definition) is 5. The lowest BCUT2D eigenvalue weighted by molar-refractivity contribution is 0.120. The second-order valence-electron chi connectivity index (χ2n) is 19.7. The van der Waals surface area contributed by atoms with E-state index in [0.717, 1.165) is 19.4 Å². The van der Waals surface area contributed by atoms with Gasteiger partial charge >= 0.3 is 0 Å². The number of fused-ring (bicyclic) bond motifs is 3. The van der Waals surface area contributed by atoms with Crippen LogP contribution in [-0.4, -0.2) is 11.9 Å². The Balaban J connectivity index is 1.34. The van der Waals surface area contributed by atoms with Crippen LogP contribution >= 0.6 is 45.8 Å². The molecule has 0 saturated carbocycles. The molecular formula is C49H64OS4. The molecule has 290 valence electrons. The summed E-state index contributed by atoms with van der Waals surface area (Å²) >= 11 is 8.90. The Hall–Kier alpha value is -1.53. The van der Waals surface area contributed by atoms with Gasteiger partial charge in [-0.1, -0.05) is 54.0 Å². The van der Waals surface area contributed by atoms with Crippen molar-refractivity contribution >= 4 is 56.3 Å². The highest BCUT2D eigenvalue weighted by atomic mass is 32.2. The van der Waals surface area contributed by atoms with Crippen LogP contribution in [0, 0.1) is 34.9 Å². The largest absolute Gasteiger partial charge is 0.497 e.